The molecule has 0 fully saturated rings. The summed E-state index contributed by atoms with van der Waals surface area (Å²) in [6, 6.07) is 15.6. The first-order chi connectivity index (χ1) is 11.7. The number of hydrogen-bond donors (Lipinski definition) is 0. The highest BCUT2D eigenvalue weighted by molar-refractivity contribution is 7.16. The van der Waals surface area contributed by atoms with Gasteiger partial charge in [-0.1, -0.05) is 47.2 Å². The summed E-state index contributed by atoms with van der Waals surface area (Å²) < 4.78 is 8.57. The second-order valence-electron chi connectivity index (χ2n) is 5.36. The quantitative estimate of drug-likeness (QED) is 0.666. The molecule has 5 heteroatoms. The lowest BCUT2D eigenvalue weighted by Gasteiger charge is -2.03. The number of aryl methyl sites for hydroxylation is 1. The molecule has 0 saturated heterocycles. The van der Waals surface area contributed by atoms with E-state index < -0.39 is 0 Å². The largest absolute Gasteiger partial charge is 0.484 e. The van der Waals surface area contributed by atoms with Crippen LogP contribution in [0.15, 0.2) is 66.2 Å². The molecule has 4 nitrogen and oxygen atoms in total. The number of ether oxygens (including phenoxy) is 1. The van der Waals surface area contributed by atoms with Gasteiger partial charge in [-0.2, -0.15) is 4.99 Å². The van der Waals surface area contributed by atoms with Gasteiger partial charge in [0.05, 0.1) is 10.2 Å². The lowest BCUT2D eigenvalue weighted by Crippen LogP contribution is -2.19. The van der Waals surface area contributed by atoms with E-state index in [1.165, 1.54) is 11.3 Å². The fraction of sp³-hybridized carbons (Fsp3) is 0.158. The number of benzene rings is 2. The smallest absolute Gasteiger partial charge is 0.286 e. The number of aromatic nitrogens is 1. The van der Waals surface area contributed by atoms with Crippen LogP contribution in [0.2, 0.25) is 0 Å². The van der Waals surface area contributed by atoms with Gasteiger partial charge in [-0.3, -0.25) is 4.79 Å². The van der Waals surface area contributed by atoms with Crippen molar-refractivity contribution in [1.82, 2.24) is 4.57 Å². The van der Waals surface area contributed by atoms with E-state index in [0.29, 0.717) is 17.1 Å². The second kappa shape index (κ2) is 7.27. The summed E-state index contributed by atoms with van der Waals surface area (Å²) >= 11 is 1.49. The summed E-state index contributed by atoms with van der Waals surface area (Å²) in [5, 5.41) is 0. The highest BCUT2D eigenvalue weighted by Crippen LogP contribution is 2.16. The molecule has 3 aromatic rings. The molecule has 0 unspecified atom stereocenters. The zero-order chi connectivity index (χ0) is 16.9. The van der Waals surface area contributed by atoms with Crippen molar-refractivity contribution in [3.63, 3.8) is 0 Å². The minimum atomic E-state index is -0.306. The molecule has 0 saturated carbocycles. The third-order valence-electron chi connectivity index (χ3n) is 3.50. The molecular formula is C19H18N2O2S. The molecule has 122 valence electrons. The molecule has 3 rings (SSSR count). The van der Waals surface area contributed by atoms with Gasteiger partial charge in [0.2, 0.25) is 0 Å². The Morgan fingerprint density at radius 2 is 2.00 bits per heavy atom. The molecule has 0 radical (unpaired) electrons. The van der Waals surface area contributed by atoms with Crippen LogP contribution in [0.25, 0.3) is 10.2 Å². The molecule has 0 spiro atoms. The first-order valence-corrected chi connectivity index (χ1v) is 8.45. The van der Waals surface area contributed by atoms with E-state index in [4.69, 9.17) is 4.74 Å². The lowest BCUT2D eigenvalue weighted by atomic mass is 10.2. The fourth-order valence-corrected chi connectivity index (χ4v) is 3.39. The Bertz CT molecular complexity index is 936. The van der Waals surface area contributed by atoms with Crippen molar-refractivity contribution in [2.24, 2.45) is 4.99 Å². The number of para-hydroxylation sites is 1. The number of carbonyl (C=O) groups excluding carboxylic acids is 1. The number of fused-ring (bicyclic) bond motifs is 1. The highest BCUT2D eigenvalue weighted by atomic mass is 32.1. The minimum Gasteiger partial charge on any atom is -0.484 e. The summed E-state index contributed by atoms with van der Waals surface area (Å²) in [6.07, 6.45) is 1.80. The molecule has 24 heavy (non-hydrogen) atoms. The van der Waals surface area contributed by atoms with Gasteiger partial charge in [0, 0.05) is 6.54 Å². The summed E-state index contributed by atoms with van der Waals surface area (Å²) in [7, 11) is 0. The Labute approximate surface area is 144 Å². The van der Waals surface area contributed by atoms with Crippen molar-refractivity contribution in [3.05, 3.63) is 71.6 Å². The number of nitrogens with zero attached hydrogens (tertiary/aromatic N) is 2. The minimum absolute atomic E-state index is 0.0780. The average Bonchev–Trinajstić information content (AvgIpc) is 2.92. The molecule has 1 aromatic heterocycles. The topological polar surface area (TPSA) is 43.6 Å². The van der Waals surface area contributed by atoms with Gasteiger partial charge in [0.25, 0.3) is 5.91 Å². The summed E-state index contributed by atoms with van der Waals surface area (Å²) in [4.78, 5) is 17.0. The number of thiazole rings is 1. The molecule has 2 aromatic carbocycles. The predicted octanol–water partition coefficient (Wildman–Crippen LogP) is 3.70. The molecule has 1 heterocycles. The predicted molar refractivity (Wildman–Crippen MR) is 97.3 cm³/mol. The molecule has 0 aliphatic heterocycles. The van der Waals surface area contributed by atoms with Gasteiger partial charge in [-0.25, -0.2) is 0 Å². The van der Waals surface area contributed by atoms with E-state index >= 15 is 0 Å². The van der Waals surface area contributed by atoms with Crippen LogP contribution in [0.1, 0.15) is 5.56 Å². The average molecular weight is 338 g/mol. The van der Waals surface area contributed by atoms with Gasteiger partial charge in [-0.05, 0) is 31.2 Å². The molecule has 0 bridgehead atoms. The molecular weight excluding hydrogens is 320 g/mol. The van der Waals surface area contributed by atoms with Crippen LogP contribution in [-0.2, 0) is 11.3 Å². The normalized spacial score (nSPS) is 11.6. The Hall–Kier alpha value is -2.66. The van der Waals surface area contributed by atoms with Gasteiger partial charge < -0.3 is 9.30 Å². The van der Waals surface area contributed by atoms with Crippen LogP contribution in [0, 0.1) is 6.92 Å². The van der Waals surface area contributed by atoms with Gasteiger partial charge in [-0.15, -0.1) is 6.58 Å². The van der Waals surface area contributed by atoms with E-state index in [2.05, 4.69) is 11.6 Å². The maximum atomic E-state index is 12.2. The third kappa shape index (κ3) is 3.63. The summed E-state index contributed by atoms with van der Waals surface area (Å²) in [5.74, 6) is 0.361. The maximum Gasteiger partial charge on any atom is 0.286 e. The van der Waals surface area contributed by atoms with Gasteiger partial charge in [0.15, 0.2) is 11.4 Å². The van der Waals surface area contributed by atoms with Crippen LogP contribution in [-0.4, -0.2) is 17.1 Å². The van der Waals surface area contributed by atoms with E-state index in [9.17, 15) is 4.79 Å². The van der Waals surface area contributed by atoms with Crippen molar-refractivity contribution >= 4 is 27.5 Å². The maximum absolute atomic E-state index is 12.2. The number of hydrogen-bond acceptors (Lipinski definition) is 3. The first kappa shape index (κ1) is 16.2. The van der Waals surface area contributed by atoms with Crippen LogP contribution in [0.3, 0.4) is 0 Å². The molecule has 0 aliphatic carbocycles. The number of carbonyl (C=O) groups is 1. The first-order valence-electron chi connectivity index (χ1n) is 7.63. The van der Waals surface area contributed by atoms with Crippen LogP contribution >= 0.6 is 11.3 Å². The molecule has 0 aliphatic rings. The summed E-state index contributed by atoms with van der Waals surface area (Å²) in [5.41, 5.74) is 2.20. The number of allylic oxidation sites excluding steroid dienone is 1. The zero-order valence-electron chi connectivity index (χ0n) is 13.4. The molecule has 0 N–H and O–H groups in total. The van der Waals surface area contributed by atoms with Crippen LogP contribution in [0.4, 0.5) is 0 Å². The van der Waals surface area contributed by atoms with Crippen molar-refractivity contribution in [1.29, 1.82) is 0 Å². The highest BCUT2D eigenvalue weighted by Gasteiger charge is 2.07. The van der Waals surface area contributed by atoms with Crippen LogP contribution in [0.5, 0.6) is 5.75 Å². The van der Waals surface area contributed by atoms with Gasteiger partial charge >= 0.3 is 0 Å². The van der Waals surface area contributed by atoms with Crippen molar-refractivity contribution in [2.45, 2.75) is 13.5 Å². The van der Waals surface area contributed by atoms with E-state index in [1.807, 2.05) is 60.0 Å². The Balaban J connectivity index is 1.83. The Morgan fingerprint density at radius 3 is 2.75 bits per heavy atom. The number of amides is 1. The Kier molecular flexibility index (Phi) is 4.91. The van der Waals surface area contributed by atoms with Gasteiger partial charge in [0.1, 0.15) is 5.75 Å². The van der Waals surface area contributed by atoms with E-state index in [-0.39, 0.29) is 12.5 Å². The molecule has 1 amide bonds. The molecule has 0 atom stereocenters. The lowest BCUT2D eigenvalue weighted by molar-refractivity contribution is -0.120. The standard InChI is InChI=1S/C19H18N2O2S/c1-3-12-21-16-6-4-5-7-17(16)24-19(21)20-18(22)13-23-15-10-8-14(2)9-11-15/h3-11H,1,12-13H2,2H3. The third-order valence-corrected chi connectivity index (χ3v) is 4.56. The van der Waals surface area contributed by atoms with E-state index in [1.54, 1.807) is 6.08 Å². The number of rotatable bonds is 5. The van der Waals surface area contributed by atoms with Crippen molar-refractivity contribution in [3.8, 4) is 5.75 Å². The van der Waals surface area contributed by atoms with Crippen molar-refractivity contribution in [2.75, 3.05) is 6.61 Å². The second-order valence-corrected chi connectivity index (χ2v) is 6.37. The van der Waals surface area contributed by atoms with Crippen LogP contribution < -0.4 is 9.54 Å². The Morgan fingerprint density at radius 1 is 1.25 bits per heavy atom. The van der Waals surface area contributed by atoms with Crippen molar-refractivity contribution < 1.29 is 9.53 Å². The van der Waals surface area contributed by atoms with E-state index in [0.717, 1.165) is 15.8 Å². The SMILES string of the molecule is C=CCn1c(=NC(=O)COc2ccc(C)cc2)sc2ccccc21. The fourth-order valence-electron chi connectivity index (χ4n) is 2.33. The zero-order valence-corrected chi connectivity index (χ0v) is 14.3. The monoisotopic (exact) mass is 338 g/mol. The summed E-state index contributed by atoms with van der Waals surface area (Å²) in [6.45, 7) is 6.31.